The summed E-state index contributed by atoms with van der Waals surface area (Å²) in [5, 5.41) is 19.8. The summed E-state index contributed by atoms with van der Waals surface area (Å²) in [4.78, 5) is 27.1. The number of carbonyl (C=O) groups excluding carboxylic acids is 2. The second-order valence-corrected chi connectivity index (χ2v) is 10.5. The minimum Gasteiger partial charge on any atom is -0.506 e. The van der Waals surface area contributed by atoms with Crippen molar-refractivity contribution >= 4 is 29.0 Å². The van der Waals surface area contributed by atoms with Gasteiger partial charge in [-0.25, -0.2) is 4.39 Å². The van der Waals surface area contributed by atoms with Crippen molar-refractivity contribution in [3.05, 3.63) is 53.3 Å². The Morgan fingerprint density at radius 2 is 1.84 bits per heavy atom. The molecule has 38 heavy (non-hydrogen) atoms. The monoisotopic (exact) mass is 544 g/mol. The van der Waals surface area contributed by atoms with Gasteiger partial charge in [0.25, 0.3) is 0 Å². The summed E-state index contributed by atoms with van der Waals surface area (Å²) < 4.78 is 13.3. The molecule has 1 aliphatic carbocycles. The number of halogens is 1. The summed E-state index contributed by atoms with van der Waals surface area (Å²) >= 11 is 1.06. The molecule has 0 bridgehead atoms. The Hall–Kier alpha value is -2.62. The molecule has 0 heterocycles. The number of thioether (sulfide) groups is 1. The zero-order valence-corrected chi connectivity index (χ0v) is 23.1. The van der Waals surface area contributed by atoms with Gasteiger partial charge < -0.3 is 26.0 Å². The van der Waals surface area contributed by atoms with Crippen LogP contribution in [0.1, 0.15) is 49.7 Å². The Labute approximate surface area is 230 Å². The summed E-state index contributed by atoms with van der Waals surface area (Å²) in [5.41, 5.74) is 3.28. The van der Waals surface area contributed by atoms with Crippen LogP contribution in [0, 0.1) is 5.82 Å². The Balaban J connectivity index is 1.45. The highest BCUT2D eigenvalue weighted by atomic mass is 32.2. The molecule has 0 aliphatic heterocycles. The first-order valence-corrected chi connectivity index (χ1v) is 14.5. The van der Waals surface area contributed by atoms with Crippen molar-refractivity contribution < 1.29 is 19.1 Å². The fourth-order valence-corrected chi connectivity index (χ4v) is 5.82. The Kier molecular flexibility index (Phi) is 12.9. The number of benzene rings is 2. The Morgan fingerprint density at radius 3 is 2.58 bits per heavy atom. The quantitative estimate of drug-likeness (QED) is 0.108. The van der Waals surface area contributed by atoms with Crippen molar-refractivity contribution in [2.45, 2.75) is 62.3 Å². The molecule has 0 aromatic heterocycles. The van der Waals surface area contributed by atoms with Crippen LogP contribution >= 0.6 is 11.8 Å². The van der Waals surface area contributed by atoms with Crippen LogP contribution in [0.3, 0.4) is 0 Å². The fraction of sp³-hybridized carbons (Fsp3) is 0.517. The van der Waals surface area contributed by atoms with Gasteiger partial charge in [-0.15, -0.1) is 0 Å². The number of phenols is 1. The van der Waals surface area contributed by atoms with Gasteiger partial charge in [0, 0.05) is 44.0 Å². The molecular formula is C29H41FN4O3S. The number of rotatable bonds is 16. The molecule has 1 fully saturated rings. The van der Waals surface area contributed by atoms with Crippen LogP contribution in [0.4, 0.5) is 10.1 Å². The van der Waals surface area contributed by atoms with E-state index in [0.717, 1.165) is 52.7 Å². The highest BCUT2D eigenvalue weighted by molar-refractivity contribution is 8.12. The van der Waals surface area contributed by atoms with Gasteiger partial charge in [-0.2, -0.15) is 0 Å². The minimum absolute atomic E-state index is 0.124. The van der Waals surface area contributed by atoms with Crippen molar-refractivity contribution in [3.8, 4) is 5.75 Å². The van der Waals surface area contributed by atoms with Crippen molar-refractivity contribution in [2.24, 2.45) is 0 Å². The van der Waals surface area contributed by atoms with Gasteiger partial charge in [-0.05, 0) is 68.1 Å². The minimum atomic E-state index is -0.222. The number of hydrogen-bond donors (Lipinski definition) is 4. The van der Waals surface area contributed by atoms with E-state index < -0.39 is 0 Å². The first kappa shape index (κ1) is 29.9. The van der Waals surface area contributed by atoms with Crippen LogP contribution in [-0.4, -0.2) is 67.3 Å². The molecule has 1 amide bonds. The standard InChI is InChI=1S/C29H41FN4O3S/c1-31-28-26(36)11-10-23(29(28)38-21-35)13-16-33-18-19-34(25-8-3-2-4-9-25)27(37)14-17-32-15-12-22-6-5-7-24(30)20-22/h5-7,10-11,20-21,25,31-33,36H,2-4,8-9,12-19H2,1H3. The molecular weight excluding hydrogens is 503 g/mol. The first-order chi connectivity index (χ1) is 18.5. The third kappa shape index (κ3) is 9.29. The number of amides is 1. The molecule has 0 spiro atoms. The van der Waals surface area contributed by atoms with Crippen LogP contribution in [0.5, 0.6) is 5.75 Å². The van der Waals surface area contributed by atoms with E-state index in [1.165, 1.54) is 25.3 Å². The predicted molar refractivity (Wildman–Crippen MR) is 153 cm³/mol. The smallest absolute Gasteiger partial charge is 0.224 e. The molecule has 9 heteroatoms. The summed E-state index contributed by atoms with van der Waals surface area (Å²) in [5.74, 6) is 0.0814. The Bertz CT molecular complexity index is 1030. The third-order valence-corrected chi connectivity index (χ3v) is 7.86. The maximum atomic E-state index is 13.3. The molecule has 7 nitrogen and oxygen atoms in total. The normalized spacial score (nSPS) is 13.8. The van der Waals surface area contributed by atoms with Crippen LogP contribution in [0.15, 0.2) is 41.3 Å². The van der Waals surface area contributed by atoms with Crippen LogP contribution in [0.25, 0.3) is 0 Å². The van der Waals surface area contributed by atoms with Gasteiger partial charge in [0.05, 0.1) is 5.69 Å². The van der Waals surface area contributed by atoms with Gasteiger partial charge in [-0.1, -0.05) is 49.2 Å². The van der Waals surface area contributed by atoms with Gasteiger partial charge in [0.2, 0.25) is 5.91 Å². The Morgan fingerprint density at radius 1 is 1.08 bits per heavy atom. The van der Waals surface area contributed by atoms with E-state index in [0.29, 0.717) is 57.3 Å². The number of nitrogens with one attached hydrogen (secondary N) is 3. The highest BCUT2D eigenvalue weighted by Gasteiger charge is 2.24. The van der Waals surface area contributed by atoms with Gasteiger partial charge in [0.1, 0.15) is 11.6 Å². The number of phenolic OH excluding ortho intramolecular Hbond substituents is 1. The van der Waals surface area contributed by atoms with Crippen LogP contribution in [0.2, 0.25) is 0 Å². The molecule has 0 saturated heterocycles. The lowest BCUT2D eigenvalue weighted by Gasteiger charge is -2.34. The van der Waals surface area contributed by atoms with E-state index in [2.05, 4.69) is 20.9 Å². The van der Waals surface area contributed by atoms with Gasteiger partial charge in [0.15, 0.2) is 5.62 Å². The molecule has 1 saturated carbocycles. The molecule has 0 atom stereocenters. The zero-order chi connectivity index (χ0) is 27.2. The second kappa shape index (κ2) is 16.4. The highest BCUT2D eigenvalue weighted by Crippen LogP contribution is 2.36. The lowest BCUT2D eigenvalue weighted by Crippen LogP contribution is -2.45. The van der Waals surface area contributed by atoms with Crippen molar-refractivity contribution in [1.29, 1.82) is 0 Å². The molecule has 3 rings (SSSR count). The number of aromatic hydroxyl groups is 1. The number of carbonyl (C=O) groups is 2. The lowest BCUT2D eigenvalue weighted by atomic mass is 9.94. The molecule has 2 aromatic rings. The van der Waals surface area contributed by atoms with E-state index in [9.17, 15) is 19.1 Å². The third-order valence-electron chi connectivity index (χ3n) is 7.06. The summed E-state index contributed by atoms with van der Waals surface area (Å²) in [7, 11) is 1.72. The average molecular weight is 545 g/mol. The largest absolute Gasteiger partial charge is 0.506 e. The van der Waals surface area contributed by atoms with E-state index in [-0.39, 0.29) is 17.5 Å². The van der Waals surface area contributed by atoms with Crippen molar-refractivity contribution in [3.63, 3.8) is 0 Å². The summed E-state index contributed by atoms with van der Waals surface area (Å²) in [6.45, 7) is 3.38. The van der Waals surface area contributed by atoms with Crippen molar-refractivity contribution in [1.82, 2.24) is 15.5 Å². The molecule has 1 aliphatic rings. The molecule has 0 radical (unpaired) electrons. The summed E-state index contributed by atoms with van der Waals surface area (Å²) in [6, 6.07) is 10.4. The molecule has 208 valence electrons. The first-order valence-electron chi connectivity index (χ1n) is 13.6. The molecule has 4 N–H and O–H groups in total. The maximum absolute atomic E-state index is 13.3. The number of nitrogens with zero attached hydrogens (tertiary/aromatic N) is 1. The predicted octanol–water partition coefficient (Wildman–Crippen LogP) is 4.37. The molecule has 0 unspecified atom stereocenters. The average Bonchev–Trinajstić information content (AvgIpc) is 2.92. The molecule has 2 aromatic carbocycles. The van der Waals surface area contributed by atoms with Crippen LogP contribution in [-0.2, 0) is 22.4 Å². The fourth-order valence-electron chi connectivity index (χ4n) is 5.08. The zero-order valence-electron chi connectivity index (χ0n) is 22.3. The number of hydrogen-bond acceptors (Lipinski definition) is 7. The second-order valence-electron chi connectivity index (χ2n) is 9.67. The lowest BCUT2D eigenvalue weighted by molar-refractivity contribution is -0.134. The maximum Gasteiger partial charge on any atom is 0.224 e. The van der Waals surface area contributed by atoms with E-state index in [4.69, 9.17) is 0 Å². The summed E-state index contributed by atoms with van der Waals surface area (Å²) in [6.07, 6.45) is 7.58. The van der Waals surface area contributed by atoms with E-state index >= 15 is 0 Å². The van der Waals surface area contributed by atoms with E-state index in [1.807, 2.05) is 12.1 Å². The van der Waals surface area contributed by atoms with Crippen LogP contribution < -0.4 is 16.0 Å². The number of anilines is 1. The van der Waals surface area contributed by atoms with Gasteiger partial charge in [-0.3, -0.25) is 9.59 Å². The van der Waals surface area contributed by atoms with Gasteiger partial charge >= 0.3 is 0 Å². The SMILES string of the molecule is CNc1c(O)ccc(CCNCCN(C(=O)CCNCCc2cccc(F)c2)C2CCCCC2)c1SC=O. The van der Waals surface area contributed by atoms with E-state index in [1.54, 1.807) is 25.2 Å². The van der Waals surface area contributed by atoms with Crippen molar-refractivity contribution in [2.75, 3.05) is 45.1 Å². The topological polar surface area (TPSA) is 93.7 Å².